The lowest BCUT2D eigenvalue weighted by molar-refractivity contribution is 0.150. The summed E-state index contributed by atoms with van der Waals surface area (Å²) in [5, 5.41) is 6.32. The molecule has 0 aromatic heterocycles. The van der Waals surface area contributed by atoms with Crippen LogP contribution in [-0.2, 0) is 4.84 Å². The molecule has 0 aliphatic heterocycles. The van der Waals surface area contributed by atoms with Crippen LogP contribution in [0.5, 0.6) is 0 Å². The van der Waals surface area contributed by atoms with Crippen molar-refractivity contribution >= 4 is 11.8 Å². The maximum atomic E-state index is 11.1. The maximum Gasteiger partial charge on any atom is 0.433 e. The Morgan fingerprint density at radius 1 is 1.27 bits per heavy atom. The largest absolute Gasteiger partial charge is 0.433 e. The van der Waals surface area contributed by atoms with Crippen molar-refractivity contribution in [3.8, 4) is 0 Å². The van der Waals surface area contributed by atoms with Gasteiger partial charge < -0.3 is 5.32 Å². The first-order valence-electron chi connectivity index (χ1n) is 5.69. The fourth-order valence-corrected chi connectivity index (χ4v) is 0.958. The molecule has 0 spiro atoms. The second kappa shape index (κ2) is 9.49. The third kappa shape index (κ3) is 9.25. The number of nitrogens with zero attached hydrogens (tertiary/aromatic N) is 1. The van der Waals surface area contributed by atoms with E-state index in [2.05, 4.69) is 22.2 Å². The van der Waals surface area contributed by atoms with Gasteiger partial charge in [-0.25, -0.2) is 4.79 Å². The molecule has 0 aliphatic rings. The minimum absolute atomic E-state index is 0.459. The molecule has 0 fully saturated rings. The highest BCUT2D eigenvalue weighted by atomic mass is 16.7. The van der Waals surface area contributed by atoms with Gasteiger partial charge in [-0.15, -0.1) is 0 Å². The van der Waals surface area contributed by atoms with Gasteiger partial charge in [0.25, 0.3) is 0 Å². The highest BCUT2D eigenvalue weighted by Gasteiger charge is 1.99. The molecule has 0 aliphatic carbocycles. The lowest BCUT2D eigenvalue weighted by Crippen LogP contribution is -2.24. The standard InChI is InChI=1S/C11H22N2O2/c1-4-6-7-8-9-12-11(14)15-13-10(3)5-2/h4-9H2,1-3H3,(H,12,14)/b13-10+. The zero-order chi connectivity index (χ0) is 11.5. The van der Waals surface area contributed by atoms with Crippen molar-refractivity contribution in [3.05, 3.63) is 0 Å². The van der Waals surface area contributed by atoms with Gasteiger partial charge in [-0.1, -0.05) is 38.3 Å². The Bertz CT molecular complexity index is 203. The summed E-state index contributed by atoms with van der Waals surface area (Å²) in [7, 11) is 0. The van der Waals surface area contributed by atoms with Gasteiger partial charge in [0, 0.05) is 6.54 Å². The van der Waals surface area contributed by atoms with Gasteiger partial charge >= 0.3 is 6.09 Å². The number of rotatable bonds is 7. The Kier molecular flexibility index (Phi) is 8.82. The van der Waals surface area contributed by atoms with E-state index in [0.29, 0.717) is 6.54 Å². The van der Waals surface area contributed by atoms with E-state index in [0.717, 1.165) is 25.0 Å². The lowest BCUT2D eigenvalue weighted by atomic mass is 10.2. The van der Waals surface area contributed by atoms with Crippen molar-refractivity contribution in [3.63, 3.8) is 0 Å². The van der Waals surface area contributed by atoms with Crippen LogP contribution in [0, 0.1) is 0 Å². The van der Waals surface area contributed by atoms with Crippen LogP contribution in [0.3, 0.4) is 0 Å². The Morgan fingerprint density at radius 3 is 2.60 bits per heavy atom. The van der Waals surface area contributed by atoms with Gasteiger partial charge in [-0.05, 0) is 19.8 Å². The topological polar surface area (TPSA) is 50.7 Å². The zero-order valence-corrected chi connectivity index (χ0v) is 10.0. The summed E-state index contributed by atoms with van der Waals surface area (Å²) in [4.78, 5) is 15.7. The van der Waals surface area contributed by atoms with E-state index in [-0.39, 0.29) is 0 Å². The van der Waals surface area contributed by atoms with Crippen LogP contribution in [0.15, 0.2) is 5.16 Å². The SMILES string of the molecule is CCCCCCNC(=O)O/N=C(\C)CC. The number of carbonyl (C=O) groups excluding carboxylic acids is 1. The molecule has 0 aromatic carbocycles. The van der Waals surface area contributed by atoms with Crippen LogP contribution in [0.1, 0.15) is 52.9 Å². The molecule has 0 bridgehead atoms. The monoisotopic (exact) mass is 214 g/mol. The van der Waals surface area contributed by atoms with E-state index >= 15 is 0 Å². The quantitative estimate of drug-likeness (QED) is 0.306. The molecule has 0 atom stereocenters. The van der Waals surface area contributed by atoms with E-state index < -0.39 is 6.09 Å². The molecule has 88 valence electrons. The zero-order valence-electron chi connectivity index (χ0n) is 10.0. The highest BCUT2D eigenvalue weighted by molar-refractivity contribution is 5.81. The Balaban J connectivity index is 3.41. The van der Waals surface area contributed by atoms with Gasteiger partial charge in [-0.3, -0.25) is 4.84 Å². The predicted molar refractivity (Wildman–Crippen MR) is 62.0 cm³/mol. The van der Waals surface area contributed by atoms with E-state index in [1.54, 1.807) is 0 Å². The van der Waals surface area contributed by atoms with E-state index in [4.69, 9.17) is 0 Å². The molecule has 1 amide bonds. The van der Waals surface area contributed by atoms with Crippen LogP contribution in [0.25, 0.3) is 0 Å². The molecule has 0 aromatic rings. The number of hydrogen-bond donors (Lipinski definition) is 1. The number of nitrogens with one attached hydrogen (secondary N) is 1. The molecule has 15 heavy (non-hydrogen) atoms. The molecule has 0 radical (unpaired) electrons. The van der Waals surface area contributed by atoms with Crippen LogP contribution in [0.4, 0.5) is 4.79 Å². The number of amides is 1. The van der Waals surface area contributed by atoms with Crippen molar-refractivity contribution in [2.45, 2.75) is 52.9 Å². The van der Waals surface area contributed by atoms with Crippen molar-refractivity contribution in [2.75, 3.05) is 6.54 Å². The summed E-state index contributed by atoms with van der Waals surface area (Å²) >= 11 is 0. The molecular formula is C11H22N2O2. The first kappa shape index (κ1) is 13.9. The minimum atomic E-state index is -0.459. The van der Waals surface area contributed by atoms with Gasteiger partial charge in [0.2, 0.25) is 0 Å². The lowest BCUT2D eigenvalue weighted by Gasteiger charge is -2.02. The molecule has 0 saturated heterocycles. The fraction of sp³-hybridized carbons (Fsp3) is 0.818. The van der Waals surface area contributed by atoms with Gasteiger partial charge in [-0.2, -0.15) is 0 Å². The Morgan fingerprint density at radius 2 is 2.00 bits per heavy atom. The summed E-state index contributed by atoms with van der Waals surface area (Å²) in [5.74, 6) is 0. The number of hydrogen-bond acceptors (Lipinski definition) is 3. The molecule has 0 rings (SSSR count). The minimum Gasteiger partial charge on any atom is -0.320 e. The second-order valence-corrected chi connectivity index (χ2v) is 3.55. The molecule has 1 N–H and O–H groups in total. The van der Waals surface area contributed by atoms with E-state index in [9.17, 15) is 4.79 Å². The number of oxime groups is 1. The smallest absolute Gasteiger partial charge is 0.320 e. The molecule has 0 heterocycles. The summed E-state index contributed by atoms with van der Waals surface area (Å²) < 4.78 is 0. The third-order valence-electron chi connectivity index (χ3n) is 2.10. The molecule has 4 heteroatoms. The summed E-state index contributed by atoms with van der Waals surface area (Å²) in [6.45, 7) is 6.61. The van der Waals surface area contributed by atoms with Crippen LogP contribution < -0.4 is 5.32 Å². The average molecular weight is 214 g/mol. The number of carbonyl (C=O) groups is 1. The van der Waals surface area contributed by atoms with Crippen molar-refractivity contribution in [1.29, 1.82) is 0 Å². The van der Waals surface area contributed by atoms with Gasteiger partial charge in [0.1, 0.15) is 0 Å². The maximum absolute atomic E-state index is 11.1. The fourth-order valence-electron chi connectivity index (χ4n) is 0.958. The predicted octanol–water partition coefficient (Wildman–Crippen LogP) is 3.08. The van der Waals surface area contributed by atoms with Crippen LogP contribution >= 0.6 is 0 Å². The molecule has 0 saturated carbocycles. The summed E-state index contributed by atoms with van der Waals surface area (Å²) in [6, 6.07) is 0. The van der Waals surface area contributed by atoms with Gasteiger partial charge in [0.15, 0.2) is 0 Å². The van der Waals surface area contributed by atoms with Gasteiger partial charge in [0.05, 0.1) is 5.71 Å². The van der Waals surface area contributed by atoms with Crippen molar-refractivity contribution in [2.24, 2.45) is 5.16 Å². The van der Waals surface area contributed by atoms with E-state index in [1.165, 1.54) is 12.8 Å². The first-order chi connectivity index (χ1) is 7.20. The Labute approximate surface area is 92.1 Å². The van der Waals surface area contributed by atoms with E-state index in [1.807, 2.05) is 13.8 Å². The molecule has 4 nitrogen and oxygen atoms in total. The van der Waals surface area contributed by atoms with Crippen LogP contribution in [-0.4, -0.2) is 18.3 Å². The summed E-state index contributed by atoms with van der Waals surface area (Å²) in [5.41, 5.74) is 0.816. The molecule has 0 unspecified atom stereocenters. The van der Waals surface area contributed by atoms with Crippen molar-refractivity contribution < 1.29 is 9.63 Å². The normalized spacial score (nSPS) is 11.3. The van der Waals surface area contributed by atoms with Crippen molar-refractivity contribution in [1.82, 2.24) is 5.32 Å². The highest BCUT2D eigenvalue weighted by Crippen LogP contribution is 1.97. The first-order valence-corrected chi connectivity index (χ1v) is 5.69. The summed E-state index contributed by atoms with van der Waals surface area (Å²) in [6.07, 6.45) is 4.89. The molecular weight excluding hydrogens is 192 g/mol. The Hall–Kier alpha value is -1.06. The third-order valence-corrected chi connectivity index (χ3v) is 2.10. The van der Waals surface area contributed by atoms with Crippen LogP contribution in [0.2, 0.25) is 0 Å². The second-order valence-electron chi connectivity index (χ2n) is 3.55. The average Bonchev–Trinajstić information content (AvgIpc) is 2.25. The number of unbranched alkanes of at least 4 members (excludes halogenated alkanes) is 3.